The molecular formula is C11H10BrClO. The first-order valence-electron chi connectivity index (χ1n) is 4.20. The number of allylic oxidation sites excluding steroid dienone is 1. The summed E-state index contributed by atoms with van der Waals surface area (Å²) in [5.74, 6) is 0.156. The van der Waals surface area contributed by atoms with Gasteiger partial charge in [0.2, 0.25) is 0 Å². The molecule has 3 heteroatoms. The Balaban J connectivity index is 2.76. The molecule has 0 fully saturated rings. The third kappa shape index (κ3) is 3.28. The van der Waals surface area contributed by atoms with E-state index in [2.05, 4.69) is 22.5 Å². The molecule has 0 aromatic heterocycles. The first-order valence-corrected chi connectivity index (χ1v) is 5.37. The summed E-state index contributed by atoms with van der Waals surface area (Å²) < 4.78 is 0.877. The van der Waals surface area contributed by atoms with Gasteiger partial charge in [0, 0.05) is 22.3 Å². The standard InChI is InChI=1S/C11H10BrClO/c1-2-3-10(14)6-8-4-5-9(13)7-11(8)12/h2,4-5,7H,1,3,6H2. The first-order chi connectivity index (χ1) is 6.63. The van der Waals surface area contributed by atoms with Crippen LogP contribution in [0.2, 0.25) is 5.02 Å². The van der Waals surface area contributed by atoms with E-state index in [9.17, 15) is 4.79 Å². The maximum Gasteiger partial charge on any atom is 0.141 e. The Morgan fingerprint density at radius 2 is 2.29 bits per heavy atom. The second-order valence-electron chi connectivity index (χ2n) is 2.94. The van der Waals surface area contributed by atoms with E-state index in [0.717, 1.165) is 10.0 Å². The zero-order valence-electron chi connectivity index (χ0n) is 7.59. The maximum absolute atomic E-state index is 11.3. The Morgan fingerprint density at radius 3 is 2.86 bits per heavy atom. The number of hydrogen-bond acceptors (Lipinski definition) is 1. The van der Waals surface area contributed by atoms with Gasteiger partial charge in [0.05, 0.1) is 0 Å². The van der Waals surface area contributed by atoms with Crippen LogP contribution in [0, 0.1) is 0 Å². The summed E-state index contributed by atoms with van der Waals surface area (Å²) in [4.78, 5) is 11.3. The summed E-state index contributed by atoms with van der Waals surface area (Å²) in [6.45, 7) is 3.53. The highest BCUT2D eigenvalue weighted by Gasteiger charge is 2.05. The third-order valence-corrected chi connectivity index (χ3v) is 2.75. The smallest absolute Gasteiger partial charge is 0.141 e. The molecule has 1 aromatic carbocycles. The van der Waals surface area contributed by atoms with Crippen LogP contribution in [0.4, 0.5) is 0 Å². The van der Waals surface area contributed by atoms with Crippen LogP contribution in [-0.4, -0.2) is 5.78 Å². The largest absolute Gasteiger partial charge is 0.299 e. The van der Waals surface area contributed by atoms with Crippen molar-refractivity contribution in [3.8, 4) is 0 Å². The molecule has 0 aliphatic heterocycles. The number of ketones is 1. The molecule has 0 bridgehead atoms. The molecule has 0 saturated heterocycles. The lowest BCUT2D eigenvalue weighted by atomic mass is 10.1. The predicted octanol–water partition coefficient (Wildman–Crippen LogP) is 3.79. The molecule has 0 unspecified atom stereocenters. The van der Waals surface area contributed by atoms with Gasteiger partial charge >= 0.3 is 0 Å². The van der Waals surface area contributed by atoms with Gasteiger partial charge in [-0.3, -0.25) is 4.79 Å². The number of carbonyl (C=O) groups is 1. The van der Waals surface area contributed by atoms with Gasteiger partial charge in [-0.25, -0.2) is 0 Å². The maximum atomic E-state index is 11.3. The van der Waals surface area contributed by atoms with Crippen molar-refractivity contribution < 1.29 is 4.79 Å². The van der Waals surface area contributed by atoms with Gasteiger partial charge in [-0.2, -0.15) is 0 Å². The van der Waals surface area contributed by atoms with Crippen LogP contribution in [0.5, 0.6) is 0 Å². The van der Waals surface area contributed by atoms with Crippen molar-refractivity contribution in [1.82, 2.24) is 0 Å². The van der Waals surface area contributed by atoms with Crippen LogP contribution < -0.4 is 0 Å². The van der Waals surface area contributed by atoms with Gasteiger partial charge < -0.3 is 0 Å². The summed E-state index contributed by atoms with van der Waals surface area (Å²) >= 11 is 9.15. The molecule has 1 aromatic rings. The minimum atomic E-state index is 0.156. The van der Waals surface area contributed by atoms with Crippen LogP contribution in [-0.2, 0) is 11.2 Å². The van der Waals surface area contributed by atoms with E-state index in [1.165, 1.54) is 0 Å². The van der Waals surface area contributed by atoms with E-state index in [0.29, 0.717) is 17.9 Å². The van der Waals surface area contributed by atoms with E-state index in [1.807, 2.05) is 6.07 Å². The quantitative estimate of drug-likeness (QED) is 0.763. The van der Waals surface area contributed by atoms with Crippen molar-refractivity contribution >= 4 is 33.3 Å². The van der Waals surface area contributed by atoms with Gasteiger partial charge in [0.25, 0.3) is 0 Å². The van der Waals surface area contributed by atoms with Gasteiger partial charge in [0.1, 0.15) is 5.78 Å². The lowest BCUT2D eigenvalue weighted by Crippen LogP contribution is -2.01. The topological polar surface area (TPSA) is 17.1 Å². The summed E-state index contributed by atoms with van der Waals surface area (Å²) in [5, 5.41) is 0.664. The van der Waals surface area contributed by atoms with Crippen LogP contribution in [0.1, 0.15) is 12.0 Å². The number of hydrogen-bond donors (Lipinski definition) is 0. The molecule has 0 radical (unpaired) electrons. The van der Waals surface area contributed by atoms with Crippen molar-refractivity contribution in [3.05, 3.63) is 45.9 Å². The van der Waals surface area contributed by atoms with E-state index in [-0.39, 0.29) is 5.78 Å². The van der Waals surface area contributed by atoms with Gasteiger partial charge in [-0.05, 0) is 17.7 Å². The molecule has 0 atom stereocenters. The lowest BCUT2D eigenvalue weighted by Gasteiger charge is -2.02. The monoisotopic (exact) mass is 272 g/mol. The Bertz CT molecular complexity index is 360. The van der Waals surface area contributed by atoms with Crippen LogP contribution in [0.15, 0.2) is 35.3 Å². The van der Waals surface area contributed by atoms with Crippen molar-refractivity contribution in [1.29, 1.82) is 0 Å². The molecule has 1 nitrogen and oxygen atoms in total. The number of rotatable bonds is 4. The Hall–Kier alpha value is -0.600. The fourth-order valence-electron chi connectivity index (χ4n) is 1.11. The van der Waals surface area contributed by atoms with E-state index >= 15 is 0 Å². The highest BCUT2D eigenvalue weighted by Crippen LogP contribution is 2.22. The third-order valence-electron chi connectivity index (χ3n) is 1.77. The van der Waals surface area contributed by atoms with Gasteiger partial charge in [-0.15, -0.1) is 6.58 Å². The van der Waals surface area contributed by atoms with E-state index < -0.39 is 0 Å². The SMILES string of the molecule is C=CCC(=O)Cc1ccc(Cl)cc1Br. The highest BCUT2D eigenvalue weighted by molar-refractivity contribution is 9.10. The normalized spacial score (nSPS) is 9.86. The lowest BCUT2D eigenvalue weighted by molar-refractivity contribution is -0.117. The number of benzene rings is 1. The minimum absolute atomic E-state index is 0.156. The summed E-state index contributed by atoms with van der Waals surface area (Å²) in [6.07, 6.45) is 2.45. The van der Waals surface area contributed by atoms with Crippen molar-refractivity contribution in [2.45, 2.75) is 12.8 Å². The molecule has 0 aliphatic carbocycles. The molecule has 0 amide bonds. The Kier molecular flexibility index (Phi) is 4.36. The van der Waals surface area contributed by atoms with E-state index in [4.69, 9.17) is 11.6 Å². The molecule has 74 valence electrons. The molecule has 0 spiro atoms. The average molecular weight is 274 g/mol. The second kappa shape index (κ2) is 5.32. The Labute approximate surface area is 96.9 Å². The van der Waals surface area contributed by atoms with Crippen molar-refractivity contribution in [3.63, 3.8) is 0 Å². The fourth-order valence-corrected chi connectivity index (χ4v) is 1.93. The second-order valence-corrected chi connectivity index (χ2v) is 4.23. The first kappa shape index (κ1) is 11.5. The molecular weight excluding hydrogens is 263 g/mol. The van der Waals surface area contributed by atoms with Crippen LogP contribution in [0.25, 0.3) is 0 Å². The van der Waals surface area contributed by atoms with Crippen LogP contribution >= 0.6 is 27.5 Å². The number of carbonyl (C=O) groups excluding carboxylic acids is 1. The fraction of sp³-hybridized carbons (Fsp3) is 0.182. The molecule has 0 saturated carbocycles. The van der Waals surface area contributed by atoms with Crippen LogP contribution in [0.3, 0.4) is 0 Å². The molecule has 1 rings (SSSR count). The zero-order chi connectivity index (χ0) is 10.6. The molecule has 14 heavy (non-hydrogen) atoms. The zero-order valence-corrected chi connectivity index (χ0v) is 9.94. The summed E-state index contributed by atoms with van der Waals surface area (Å²) in [7, 11) is 0. The summed E-state index contributed by atoms with van der Waals surface area (Å²) in [6, 6.07) is 5.42. The number of halogens is 2. The average Bonchev–Trinajstić information content (AvgIpc) is 2.10. The van der Waals surface area contributed by atoms with Gasteiger partial charge in [0.15, 0.2) is 0 Å². The predicted molar refractivity (Wildman–Crippen MR) is 62.7 cm³/mol. The van der Waals surface area contributed by atoms with Gasteiger partial charge in [-0.1, -0.05) is 39.7 Å². The van der Waals surface area contributed by atoms with Crippen molar-refractivity contribution in [2.24, 2.45) is 0 Å². The molecule has 0 heterocycles. The summed E-state index contributed by atoms with van der Waals surface area (Å²) in [5.41, 5.74) is 0.959. The van der Waals surface area contributed by atoms with Crippen molar-refractivity contribution in [2.75, 3.05) is 0 Å². The molecule has 0 aliphatic rings. The molecule has 0 N–H and O–H groups in total. The number of Topliss-reactive ketones (excluding diaryl/α,β-unsaturated/α-hetero) is 1. The Morgan fingerprint density at radius 1 is 1.57 bits per heavy atom. The minimum Gasteiger partial charge on any atom is -0.299 e. The van der Waals surface area contributed by atoms with E-state index in [1.54, 1.807) is 18.2 Å². The highest BCUT2D eigenvalue weighted by atomic mass is 79.9.